The first-order chi connectivity index (χ1) is 9.38. The summed E-state index contributed by atoms with van der Waals surface area (Å²) in [4.78, 5) is 27.7. The van der Waals surface area contributed by atoms with Gasteiger partial charge in [0.15, 0.2) is 0 Å². The number of aromatic nitrogens is 3. The van der Waals surface area contributed by atoms with Gasteiger partial charge in [0.2, 0.25) is 23.8 Å². The van der Waals surface area contributed by atoms with Crippen molar-refractivity contribution in [1.82, 2.24) is 19.9 Å². The number of nitrogens with two attached hydrogens (primary N) is 1. The first kappa shape index (κ1) is 15.9. The van der Waals surface area contributed by atoms with Crippen LogP contribution in [0.3, 0.4) is 0 Å². The molecule has 1 aromatic rings. The number of nitrogens with zero attached hydrogens (tertiary/aromatic N) is 5. The van der Waals surface area contributed by atoms with Crippen molar-refractivity contribution in [3.05, 3.63) is 0 Å². The molecule has 0 radical (unpaired) electrons. The molecular formula is C12H23N7O. The first-order valence-electron chi connectivity index (χ1n) is 6.63. The number of hydrogen-bond donors (Lipinski definition) is 2. The molecule has 8 heteroatoms. The molecule has 1 rings (SSSR count). The van der Waals surface area contributed by atoms with E-state index in [-0.39, 0.29) is 11.9 Å². The maximum absolute atomic E-state index is 11.8. The van der Waals surface area contributed by atoms with Crippen molar-refractivity contribution in [3.63, 3.8) is 0 Å². The van der Waals surface area contributed by atoms with Gasteiger partial charge in [-0.1, -0.05) is 0 Å². The van der Waals surface area contributed by atoms with Gasteiger partial charge < -0.3 is 20.9 Å². The van der Waals surface area contributed by atoms with Crippen LogP contribution in [0.5, 0.6) is 0 Å². The Labute approximate surface area is 119 Å². The predicted octanol–water partition coefficient (Wildman–Crippen LogP) is 0.189. The van der Waals surface area contributed by atoms with Crippen LogP contribution in [0.4, 0.5) is 17.8 Å². The molecule has 0 saturated heterocycles. The third-order valence-electron chi connectivity index (χ3n) is 2.84. The van der Waals surface area contributed by atoms with E-state index < -0.39 is 6.04 Å². The number of anilines is 3. The number of rotatable bonds is 6. The SMILES string of the molecule is CCN(CC)c1nc(N)nc(NC(C)C(=O)N(C)C)n1. The summed E-state index contributed by atoms with van der Waals surface area (Å²) in [7, 11) is 3.40. The third kappa shape index (κ3) is 3.94. The van der Waals surface area contributed by atoms with Crippen LogP contribution in [0.25, 0.3) is 0 Å². The van der Waals surface area contributed by atoms with E-state index in [0.717, 1.165) is 13.1 Å². The Kier molecular flexibility index (Phi) is 5.48. The van der Waals surface area contributed by atoms with Gasteiger partial charge in [-0.3, -0.25) is 4.79 Å². The smallest absolute Gasteiger partial charge is 0.244 e. The van der Waals surface area contributed by atoms with Crippen molar-refractivity contribution in [1.29, 1.82) is 0 Å². The minimum absolute atomic E-state index is 0.0617. The number of hydrogen-bond acceptors (Lipinski definition) is 7. The molecule has 1 atom stereocenters. The first-order valence-corrected chi connectivity index (χ1v) is 6.63. The predicted molar refractivity (Wildman–Crippen MR) is 79.6 cm³/mol. The van der Waals surface area contributed by atoms with Gasteiger partial charge in [0, 0.05) is 27.2 Å². The van der Waals surface area contributed by atoms with Gasteiger partial charge in [0.1, 0.15) is 6.04 Å². The molecule has 112 valence electrons. The van der Waals surface area contributed by atoms with Gasteiger partial charge in [-0.05, 0) is 20.8 Å². The summed E-state index contributed by atoms with van der Waals surface area (Å²) in [6, 6.07) is -0.434. The lowest BCUT2D eigenvalue weighted by molar-refractivity contribution is -0.129. The average molecular weight is 281 g/mol. The van der Waals surface area contributed by atoms with E-state index in [1.165, 1.54) is 4.90 Å². The zero-order valence-electron chi connectivity index (χ0n) is 12.7. The summed E-state index contributed by atoms with van der Waals surface area (Å²) >= 11 is 0. The molecule has 0 spiro atoms. The molecule has 8 nitrogen and oxygen atoms in total. The van der Waals surface area contributed by atoms with E-state index in [1.54, 1.807) is 21.0 Å². The topological polar surface area (TPSA) is 100 Å². The van der Waals surface area contributed by atoms with Crippen molar-refractivity contribution in [2.45, 2.75) is 26.8 Å². The zero-order valence-corrected chi connectivity index (χ0v) is 12.7. The summed E-state index contributed by atoms with van der Waals surface area (Å²) < 4.78 is 0. The Hall–Kier alpha value is -2.12. The standard InChI is InChI=1S/C12H23N7O/c1-6-19(7-2)12-16-10(13)15-11(17-12)14-8(3)9(20)18(4)5/h8H,6-7H2,1-5H3,(H3,13,14,15,16,17). The highest BCUT2D eigenvalue weighted by Crippen LogP contribution is 2.12. The zero-order chi connectivity index (χ0) is 15.3. The van der Waals surface area contributed by atoms with E-state index in [0.29, 0.717) is 11.9 Å². The summed E-state index contributed by atoms with van der Waals surface area (Å²) in [5.41, 5.74) is 5.69. The lowest BCUT2D eigenvalue weighted by Gasteiger charge is -2.21. The molecule has 0 aliphatic carbocycles. The number of nitrogen functional groups attached to an aromatic ring is 1. The second kappa shape index (κ2) is 6.88. The fourth-order valence-corrected chi connectivity index (χ4v) is 1.74. The fraction of sp³-hybridized carbons (Fsp3) is 0.667. The highest BCUT2D eigenvalue weighted by atomic mass is 16.2. The van der Waals surface area contributed by atoms with Gasteiger partial charge in [-0.2, -0.15) is 15.0 Å². The van der Waals surface area contributed by atoms with Crippen LogP contribution < -0.4 is 16.0 Å². The highest BCUT2D eigenvalue weighted by Gasteiger charge is 2.17. The van der Waals surface area contributed by atoms with E-state index in [4.69, 9.17) is 5.73 Å². The molecule has 0 fully saturated rings. The van der Waals surface area contributed by atoms with E-state index in [1.807, 2.05) is 18.7 Å². The van der Waals surface area contributed by atoms with E-state index >= 15 is 0 Å². The molecule has 0 saturated carbocycles. The van der Waals surface area contributed by atoms with E-state index in [2.05, 4.69) is 20.3 Å². The van der Waals surface area contributed by atoms with Gasteiger partial charge >= 0.3 is 0 Å². The molecule has 20 heavy (non-hydrogen) atoms. The lowest BCUT2D eigenvalue weighted by Crippen LogP contribution is -2.37. The second-order valence-corrected chi connectivity index (χ2v) is 4.59. The molecule has 0 aliphatic rings. The van der Waals surface area contributed by atoms with Crippen LogP contribution in [0, 0.1) is 0 Å². The molecule has 1 heterocycles. The Morgan fingerprint density at radius 3 is 2.35 bits per heavy atom. The quantitative estimate of drug-likeness (QED) is 0.767. The Balaban J connectivity index is 2.93. The third-order valence-corrected chi connectivity index (χ3v) is 2.84. The number of likely N-dealkylation sites (N-methyl/N-ethyl adjacent to an activating group) is 1. The Bertz CT molecular complexity index is 459. The van der Waals surface area contributed by atoms with E-state index in [9.17, 15) is 4.79 Å². The molecule has 3 N–H and O–H groups in total. The van der Waals surface area contributed by atoms with Crippen LogP contribution in [0.1, 0.15) is 20.8 Å². The monoisotopic (exact) mass is 281 g/mol. The number of carbonyl (C=O) groups is 1. The van der Waals surface area contributed by atoms with Crippen LogP contribution >= 0.6 is 0 Å². The second-order valence-electron chi connectivity index (χ2n) is 4.59. The summed E-state index contributed by atoms with van der Waals surface area (Å²) in [6.45, 7) is 7.31. The van der Waals surface area contributed by atoms with Gasteiger partial charge in [-0.25, -0.2) is 0 Å². The van der Waals surface area contributed by atoms with Crippen molar-refractivity contribution in [3.8, 4) is 0 Å². The van der Waals surface area contributed by atoms with Crippen molar-refractivity contribution in [2.24, 2.45) is 0 Å². The van der Waals surface area contributed by atoms with Gasteiger partial charge in [0.25, 0.3) is 0 Å². The molecule has 1 amide bonds. The molecule has 1 aromatic heterocycles. The fourth-order valence-electron chi connectivity index (χ4n) is 1.74. The average Bonchev–Trinajstić information content (AvgIpc) is 2.38. The normalized spacial score (nSPS) is 11.8. The Morgan fingerprint density at radius 2 is 1.85 bits per heavy atom. The number of nitrogens with one attached hydrogen (secondary N) is 1. The van der Waals surface area contributed by atoms with Crippen molar-refractivity contribution < 1.29 is 4.79 Å². The Morgan fingerprint density at radius 1 is 1.25 bits per heavy atom. The molecule has 0 bridgehead atoms. The van der Waals surface area contributed by atoms with Crippen LogP contribution in [-0.4, -0.2) is 59.0 Å². The minimum atomic E-state index is -0.434. The number of carbonyl (C=O) groups excluding carboxylic acids is 1. The van der Waals surface area contributed by atoms with Crippen molar-refractivity contribution >= 4 is 23.8 Å². The molecule has 1 unspecified atom stereocenters. The number of amides is 1. The van der Waals surface area contributed by atoms with Gasteiger partial charge in [-0.15, -0.1) is 0 Å². The van der Waals surface area contributed by atoms with Crippen LogP contribution in [-0.2, 0) is 4.79 Å². The largest absolute Gasteiger partial charge is 0.368 e. The van der Waals surface area contributed by atoms with Crippen LogP contribution in [0.2, 0.25) is 0 Å². The van der Waals surface area contributed by atoms with Gasteiger partial charge in [0.05, 0.1) is 0 Å². The molecular weight excluding hydrogens is 258 g/mol. The molecule has 0 aromatic carbocycles. The maximum Gasteiger partial charge on any atom is 0.244 e. The molecule has 0 aliphatic heterocycles. The summed E-state index contributed by atoms with van der Waals surface area (Å²) in [5, 5.41) is 2.95. The minimum Gasteiger partial charge on any atom is -0.368 e. The van der Waals surface area contributed by atoms with Crippen molar-refractivity contribution in [2.75, 3.05) is 43.1 Å². The maximum atomic E-state index is 11.8. The van der Waals surface area contributed by atoms with Crippen LogP contribution in [0.15, 0.2) is 0 Å². The lowest BCUT2D eigenvalue weighted by atomic mass is 10.3. The highest BCUT2D eigenvalue weighted by molar-refractivity contribution is 5.83. The summed E-state index contributed by atoms with van der Waals surface area (Å²) in [5.74, 6) is 0.888. The summed E-state index contributed by atoms with van der Waals surface area (Å²) in [6.07, 6.45) is 0.